The third-order valence-corrected chi connectivity index (χ3v) is 4.80. The van der Waals surface area contributed by atoms with Crippen LogP contribution >= 0.6 is 11.8 Å². The lowest BCUT2D eigenvalue weighted by Gasteiger charge is -2.18. The zero-order valence-corrected chi connectivity index (χ0v) is 14.6. The van der Waals surface area contributed by atoms with Crippen molar-refractivity contribution in [1.82, 2.24) is 5.32 Å². The molecule has 2 N–H and O–H groups in total. The Morgan fingerprint density at radius 3 is 2.62 bits per heavy atom. The monoisotopic (exact) mass is 350 g/mol. The van der Waals surface area contributed by atoms with E-state index < -0.39 is 11.9 Å². The van der Waals surface area contributed by atoms with E-state index in [0.29, 0.717) is 13.0 Å². The smallest absolute Gasteiger partial charge is 0.303 e. The first-order chi connectivity index (χ1) is 11.4. The van der Waals surface area contributed by atoms with E-state index in [1.165, 1.54) is 0 Å². The molecule has 2 atom stereocenters. The van der Waals surface area contributed by atoms with Gasteiger partial charge in [0, 0.05) is 36.0 Å². The summed E-state index contributed by atoms with van der Waals surface area (Å²) in [6.07, 6.45) is 2.56. The first kappa shape index (κ1) is 18.3. The van der Waals surface area contributed by atoms with Crippen LogP contribution in [0, 0.1) is 5.92 Å². The Labute approximate surface area is 145 Å². The molecule has 1 aliphatic rings. The Hall–Kier alpha value is -2.02. The van der Waals surface area contributed by atoms with Gasteiger partial charge in [-0.15, -0.1) is 11.8 Å². The quantitative estimate of drug-likeness (QED) is 0.736. The van der Waals surface area contributed by atoms with Crippen LogP contribution in [-0.2, 0) is 14.4 Å². The van der Waals surface area contributed by atoms with Crippen LogP contribution in [0.3, 0.4) is 0 Å². The molecule has 6 nitrogen and oxygen atoms in total. The molecule has 1 aliphatic heterocycles. The molecule has 0 spiro atoms. The Bertz CT molecular complexity index is 618. The van der Waals surface area contributed by atoms with Gasteiger partial charge in [0.05, 0.1) is 5.92 Å². The lowest BCUT2D eigenvalue weighted by Crippen LogP contribution is -2.38. The van der Waals surface area contributed by atoms with Crippen molar-refractivity contribution < 1.29 is 19.5 Å². The highest BCUT2D eigenvalue weighted by Crippen LogP contribution is 2.27. The number of amides is 2. The van der Waals surface area contributed by atoms with Crippen LogP contribution in [0.4, 0.5) is 5.69 Å². The first-order valence-electron chi connectivity index (χ1n) is 7.87. The number of hydrogen-bond donors (Lipinski definition) is 2. The Morgan fingerprint density at radius 1 is 1.38 bits per heavy atom. The Kier molecular flexibility index (Phi) is 6.25. The molecule has 1 saturated heterocycles. The van der Waals surface area contributed by atoms with E-state index in [9.17, 15) is 14.4 Å². The lowest BCUT2D eigenvalue weighted by atomic mass is 10.1. The second-order valence-corrected chi connectivity index (χ2v) is 6.83. The lowest BCUT2D eigenvalue weighted by molar-refractivity contribution is -0.137. The van der Waals surface area contributed by atoms with Crippen molar-refractivity contribution in [3.8, 4) is 0 Å². The summed E-state index contributed by atoms with van der Waals surface area (Å²) in [4.78, 5) is 37.8. The average Bonchev–Trinajstić information content (AvgIpc) is 2.95. The fourth-order valence-corrected chi connectivity index (χ4v) is 3.08. The van der Waals surface area contributed by atoms with E-state index in [0.717, 1.165) is 10.6 Å². The maximum Gasteiger partial charge on any atom is 0.303 e. The van der Waals surface area contributed by atoms with Crippen LogP contribution in [0.1, 0.15) is 26.2 Å². The third kappa shape index (κ3) is 4.74. The SMILES string of the molecule is CSc1ccc(N2CC(C(=O)NC(C)CCC(=O)O)CC2=O)cc1. The van der Waals surface area contributed by atoms with E-state index >= 15 is 0 Å². The van der Waals surface area contributed by atoms with E-state index in [2.05, 4.69) is 5.32 Å². The zero-order chi connectivity index (χ0) is 17.7. The molecule has 0 saturated carbocycles. The van der Waals surface area contributed by atoms with Gasteiger partial charge in [-0.1, -0.05) is 0 Å². The normalized spacial score (nSPS) is 18.5. The highest BCUT2D eigenvalue weighted by atomic mass is 32.2. The number of nitrogens with zero attached hydrogens (tertiary/aromatic N) is 1. The van der Waals surface area contributed by atoms with Crippen molar-refractivity contribution in [2.45, 2.75) is 37.1 Å². The molecule has 2 rings (SSSR count). The maximum atomic E-state index is 12.3. The van der Waals surface area contributed by atoms with Gasteiger partial charge in [-0.3, -0.25) is 14.4 Å². The molecule has 0 aromatic heterocycles. The van der Waals surface area contributed by atoms with Crippen LogP contribution in [0.25, 0.3) is 0 Å². The van der Waals surface area contributed by atoms with Crippen molar-refractivity contribution in [1.29, 1.82) is 0 Å². The fourth-order valence-electron chi connectivity index (χ4n) is 2.67. The summed E-state index contributed by atoms with van der Waals surface area (Å²) >= 11 is 1.63. The molecule has 0 bridgehead atoms. The minimum Gasteiger partial charge on any atom is -0.481 e. The summed E-state index contributed by atoms with van der Waals surface area (Å²) in [5, 5.41) is 11.5. The molecule has 1 heterocycles. The van der Waals surface area contributed by atoms with Gasteiger partial charge in [0.1, 0.15) is 0 Å². The van der Waals surface area contributed by atoms with Gasteiger partial charge in [0.2, 0.25) is 11.8 Å². The van der Waals surface area contributed by atoms with Crippen molar-refractivity contribution in [2.24, 2.45) is 5.92 Å². The molecular formula is C17H22N2O4S. The summed E-state index contributed by atoms with van der Waals surface area (Å²) < 4.78 is 0. The van der Waals surface area contributed by atoms with Crippen LogP contribution in [0.2, 0.25) is 0 Å². The molecule has 1 aromatic carbocycles. The first-order valence-corrected chi connectivity index (χ1v) is 9.09. The number of nitrogens with one attached hydrogen (secondary N) is 1. The maximum absolute atomic E-state index is 12.3. The standard InChI is InChI=1S/C17H22N2O4S/c1-11(3-8-16(21)22)18-17(23)12-9-15(20)19(10-12)13-4-6-14(24-2)7-5-13/h4-7,11-12H,3,8-10H2,1-2H3,(H,18,23)(H,21,22). The van der Waals surface area contributed by atoms with Gasteiger partial charge < -0.3 is 15.3 Å². The highest BCUT2D eigenvalue weighted by molar-refractivity contribution is 7.98. The number of hydrogen-bond acceptors (Lipinski definition) is 4. The van der Waals surface area contributed by atoms with Crippen LogP contribution < -0.4 is 10.2 Å². The Balaban J connectivity index is 1.93. The van der Waals surface area contributed by atoms with E-state index in [-0.39, 0.29) is 30.7 Å². The van der Waals surface area contributed by atoms with Gasteiger partial charge in [0.15, 0.2) is 0 Å². The van der Waals surface area contributed by atoms with Crippen LogP contribution in [0.5, 0.6) is 0 Å². The number of anilines is 1. The molecule has 0 radical (unpaired) electrons. The Morgan fingerprint density at radius 2 is 2.04 bits per heavy atom. The summed E-state index contributed by atoms with van der Waals surface area (Å²) in [5.41, 5.74) is 0.798. The molecule has 130 valence electrons. The summed E-state index contributed by atoms with van der Waals surface area (Å²) in [6, 6.07) is 7.46. The number of carbonyl (C=O) groups is 3. The van der Waals surface area contributed by atoms with Crippen molar-refractivity contribution >= 4 is 35.2 Å². The molecule has 1 fully saturated rings. The van der Waals surface area contributed by atoms with E-state index in [1.807, 2.05) is 30.5 Å². The molecule has 2 unspecified atom stereocenters. The molecule has 2 amide bonds. The average molecular weight is 350 g/mol. The van der Waals surface area contributed by atoms with Crippen molar-refractivity contribution in [3.63, 3.8) is 0 Å². The van der Waals surface area contributed by atoms with Gasteiger partial charge in [-0.05, 0) is 43.9 Å². The topological polar surface area (TPSA) is 86.7 Å². The van der Waals surface area contributed by atoms with Gasteiger partial charge in [-0.2, -0.15) is 0 Å². The summed E-state index contributed by atoms with van der Waals surface area (Å²) in [7, 11) is 0. The highest BCUT2D eigenvalue weighted by Gasteiger charge is 2.35. The third-order valence-electron chi connectivity index (χ3n) is 4.06. The number of carboxylic acids is 1. The number of carbonyl (C=O) groups excluding carboxylic acids is 2. The number of benzene rings is 1. The molecule has 1 aromatic rings. The fraction of sp³-hybridized carbons (Fsp3) is 0.471. The van der Waals surface area contributed by atoms with Crippen molar-refractivity contribution in [2.75, 3.05) is 17.7 Å². The van der Waals surface area contributed by atoms with E-state index in [4.69, 9.17) is 5.11 Å². The zero-order valence-electron chi connectivity index (χ0n) is 13.8. The molecule has 0 aliphatic carbocycles. The number of aliphatic carboxylic acids is 1. The van der Waals surface area contributed by atoms with Gasteiger partial charge >= 0.3 is 5.97 Å². The van der Waals surface area contributed by atoms with Gasteiger partial charge in [-0.25, -0.2) is 0 Å². The summed E-state index contributed by atoms with van der Waals surface area (Å²) in [6.45, 7) is 2.13. The summed E-state index contributed by atoms with van der Waals surface area (Å²) in [5.74, 6) is -1.54. The second-order valence-electron chi connectivity index (χ2n) is 5.95. The largest absolute Gasteiger partial charge is 0.481 e. The second kappa shape index (κ2) is 8.19. The predicted molar refractivity (Wildman–Crippen MR) is 93.2 cm³/mol. The molecular weight excluding hydrogens is 328 g/mol. The van der Waals surface area contributed by atoms with Crippen LogP contribution in [-0.4, -0.2) is 41.7 Å². The number of carboxylic acid groups (broad SMARTS) is 1. The molecule has 24 heavy (non-hydrogen) atoms. The van der Waals surface area contributed by atoms with Gasteiger partial charge in [0.25, 0.3) is 0 Å². The minimum absolute atomic E-state index is 0.0129. The predicted octanol–water partition coefficient (Wildman–Crippen LogP) is 2.13. The van der Waals surface area contributed by atoms with E-state index in [1.54, 1.807) is 23.6 Å². The van der Waals surface area contributed by atoms with Crippen molar-refractivity contribution in [3.05, 3.63) is 24.3 Å². The number of rotatable bonds is 7. The minimum atomic E-state index is -0.882. The molecule has 7 heteroatoms. The van der Waals surface area contributed by atoms with Crippen LogP contribution in [0.15, 0.2) is 29.2 Å². The number of thioether (sulfide) groups is 1.